The average molecular weight is 368 g/mol. The Labute approximate surface area is 146 Å². The van der Waals surface area contributed by atoms with E-state index in [1.807, 2.05) is 0 Å². The number of nitrogens with one attached hydrogen (secondary N) is 1. The topological polar surface area (TPSA) is 78.4 Å². The number of sulfonamides is 1. The van der Waals surface area contributed by atoms with Crippen LogP contribution in [0, 0.1) is 0 Å². The molecule has 128 valence electrons. The van der Waals surface area contributed by atoms with Gasteiger partial charge < -0.3 is 9.80 Å². The summed E-state index contributed by atoms with van der Waals surface area (Å²) in [6, 6.07) is 9.44. The second-order valence-corrected chi connectivity index (χ2v) is 7.75. The van der Waals surface area contributed by atoms with Crippen molar-refractivity contribution >= 4 is 33.3 Å². The third-order valence-electron chi connectivity index (χ3n) is 3.82. The van der Waals surface area contributed by atoms with Crippen LogP contribution in [0.4, 0.5) is 11.6 Å². The zero-order valence-corrected chi connectivity index (χ0v) is 14.8. The normalized spacial score (nSPS) is 16.2. The van der Waals surface area contributed by atoms with Gasteiger partial charge in [-0.1, -0.05) is 17.7 Å². The standard InChI is InChI=1S/C15H18ClN5O2S/c1-20-7-9-21(10-8-20)15-6-5-14(17-18-15)19-24(22,23)13-4-2-3-12(16)11-13/h2-6,11H,7-10H2,1H3,(H,17,19). The van der Waals surface area contributed by atoms with E-state index in [9.17, 15) is 8.42 Å². The number of hydrogen-bond donors (Lipinski definition) is 1. The molecule has 1 aliphatic rings. The third kappa shape index (κ3) is 3.95. The van der Waals surface area contributed by atoms with Crippen molar-refractivity contribution < 1.29 is 8.42 Å². The molecule has 9 heteroatoms. The molecule has 1 saturated heterocycles. The summed E-state index contributed by atoms with van der Waals surface area (Å²) in [5.74, 6) is 0.918. The maximum Gasteiger partial charge on any atom is 0.263 e. The van der Waals surface area contributed by atoms with Gasteiger partial charge in [-0.3, -0.25) is 4.72 Å². The first-order valence-corrected chi connectivity index (χ1v) is 9.36. The van der Waals surface area contributed by atoms with Gasteiger partial charge in [0.25, 0.3) is 10.0 Å². The molecule has 0 saturated carbocycles. The van der Waals surface area contributed by atoms with E-state index in [1.165, 1.54) is 12.1 Å². The first-order chi connectivity index (χ1) is 11.4. The van der Waals surface area contributed by atoms with Crippen molar-refractivity contribution in [3.05, 3.63) is 41.4 Å². The van der Waals surface area contributed by atoms with Crippen molar-refractivity contribution in [3.63, 3.8) is 0 Å². The predicted molar refractivity (Wildman–Crippen MR) is 94.0 cm³/mol. The molecule has 1 aliphatic heterocycles. The largest absolute Gasteiger partial charge is 0.353 e. The van der Waals surface area contributed by atoms with Crippen LogP contribution in [-0.4, -0.2) is 56.7 Å². The van der Waals surface area contributed by atoms with E-state index in [2.05, 4.69) is 31.8 Å². The first-order valence-electron chi connectivity index (χ1n) is 7.50. The fourth-order valence-corrected chi connectivity index (χ4v) is 3.71. The van der Waals surface area contributed by atoms with Gasteiger partial charge in [0, 0.05) is 31.2 Å². The van der Waals surface area contributed by atoms with Crippen LogP contribution < -0.4 is 9.62 Å². The smallest absolute Gasteiger partial charge is 0.263 e. The minimum Gasteiger partial charge on any atom is -0.353 e. The van der Waals surface area contributed by atoms with Crippen molar-refractivity contribution in [2.45, 2.75) is 4.90 Å². The number of anilines is 2. The van der Waals surface area contributed by atoms with Gasteiger partial charge in [-0.25, -0.2) is 8.42 Å². The van der Waals surface area contributed by atoms with Gasteiger partial charge in [-0.2, -0.15) is 0 Å². The van der Waals surface area contributed by atoms with E-state index in [0.29, 0.717) is 5.02 Å². The number of piperazine rings is 1. The Morgan fingerprint density at radius 2 is 1.83 bits per heavy atom. The summed E-state index contributed by atoms with van der Waals surface area (Å²) in [5, 5.41) is 8.46. The van der Waals surface area contributed by atoms with Crippen LogP contribution in [0.3, 0.4) is 0 Å². The van der Waals surface area contributed by atoms with Gasteiger partial charge in [0.1, 0.15) is 0 Å². The second-order valence-electron chi connectivity index (χ2n) is 5.63. The maximum atomic E-state index is 12.3. The summed E-state index contributed by atoms with van der Waals surface area (Å²) in [7, 11) is -1.66. The Kier molecular flexibility index (Phi) is 4.88. The Balaban J connectivity index is 1.72. The summed E-state index contributed by atoms with van der Waals surface area (Å²) in [6.45, 7) is 3.67. The van der Waals surface area contributed by atoms with Gasteiger partial charge in [0.15, 0.2) is 11.6 Å². The van der Waals surface area contributed by atoms with Gasteiger partial charge in [-0.15, -0.1) is 10.2 Å². The second kappa shape index (κ2) is 6.92. The van der Waals surface area contributed by atoms with Crippen LogP contribution in [-0.2, 0) is 10.0 Å². The first kappa shape index (κ1) is 16.9. The fraction of sp³-hybridized carbons (Fsp3) is 0.333. The molecule has 0 radical (unpaired) electrons. The molecule has 0 bridgehead atoms. The molecule has 1 aromatic carbocycles. The lowest BCUT2D eigenvalue weighted by Crippen LogP contribution is -2.44. The monoisotopic (exact) mass is 367 g/mol. The molecule has 2 heterocycles. The van der Waals surface area contributed by atoms with Crippen molar-refractivity contribution in [1.29, 1.82) is 0 Å². The SMILES string of the molecule is CN1CCN(c2ccc(NS(=O)(=O)c3cccc(Cl)c3)nn2)CC1. The molecule has 3 rings (SSSR count). The molecule has 1 aromatic heterocycles. The molecule has 0 atom stereocenters. The number of aromatic nitrogens is 2. The van der Waals surface area contributed by atoms with Crippen LogP contribution in [0.1, 0.15) is 0 Å². The Morgan fingerprint density at radius 1 is 1.08 bits per heavy atom. The van der Waals surface area contributed by atoms with E-state index in [-0.39, 0.29) is 10.7 Å². The lowest BCUT2D eigenvalue weighted by Gasteiger charge is -2.32. The molecule has 0 unspecified atom stereocenters. The maximum absolute atomic E-state index is 12.3. The number of rotatable bonds is 4. The summed E-state index contributed by atoms with van der Waals surface area (Å²) < 4.78 is 27.1. The molecule has 1 fully saturated rings. The zero-order valence-electron chi connectivity index (χ0n) is 13.2. The molecular formula is C15H18ClN5O2S. The Hall–Kier alpha value is -1.90. The van der Waals surface area contributed by atoms with Crippen LogP contribution >= 0.6 is 11.6 Å². The zero-order chi connectivity index (χ0) is 17.2. The van der Waals surface area contributed by atoms with Crippen molar-refractivity contribution in [2.24, 2.45) is 0 Å². The predicted octanol–water partition coefficient (Wildman–Crippen LogP) is 1.68. The van der Waals surface area contributed by atoms with Crippen molar-refractivity contribution in [2.75, 3.05) is 42.8 Å². The number of likely N-dealkylation sites (N-methyl/N-ethyl adjacent to an activating group) is 1. The Bertz CT molecular complexity index is 805. The van der Waals surface area contributed by atoms with Gasteiger partial charge in [-0.05, 0) is 37.4 Å². The fourth-order valence-electron chi connectivity index (χ4n) is 2.41. The molecule has 2 aromatic rings. The number of halogens is 1. The number of hydrogen-bond acceptors (Lipinski definition) is 6. The van der Waals surface area contributed by atoms with Crippen molar-refractivity contribution in [3.8, 4) is 0 Å². The van der Waals surface area contributed by atoms with E-state index in [0.717, 1.165) is 32.0 Å². The average Bonchev–Trinajstić information content (AvgIpc) is 2.56. The van der Waals surface area contributed by atoms with E-state index in [4.69, 9.17) is 11.6 Å². The quantitative estimate of drug-likeness (QED) is 0.885. The van der Waals surface area contributed by atoms with Crippen LogP contribution in [0.2, 0.25) is 5.02 Å². The molecule has 7 nitrogen and oxygen atoms in total. The molecule has 24 heavy (non-hydrogen) atoms. The molecule has 0 spiro atoms. The van der Waals surface area contributed by atoms with Crippen molar-refractivity contribution in [1.82, 2.24) is 15.1 Å². The lowest BCUT2D eigenvalue weighted by molar-refractivity contribution is 0.312. The summed E-state index contributed by atoms with van der Waals surface area (Å²) >= 11 is 5.84. The highest BCUT2D eigenvalue weighted by Crippen LogP contribution is 2.19. The third-order valence-corrected chi connectivity index (χ3v) is 5.41. The van der Waals surface area contributed by atoms with Crippen LogP contribution in [0.5, 0.6) is 0 Å². The molecule has 0 aliphatic carbocycles. The summed E-state index contributed by atoms with van der Waals surface area (Å²) in [4.78, 5) is 4.46. The minimum atomic E-state index is -3.74. The number of nitrogens with zero attached hydrogens (tertiary/aromatic N) is 4. The lowest BCUT2D eigenvalue weighted by atomic mass is 10.3. The highest BCUT2D eigenvalue weighted by atomic mass is 35.5. The van der Waals surface area contributed by atoms with E-state index < -0.39 is 10.0 Å². The van der Waals surface area contributed by atoms with Crippen LogP contribution in [0.15, 0.2) is 41.3 Å². The summed E-state index contributed by atoms with van der Waals surface area (Å²) in [6.07, 6.45) is 0. The van der Waals surface area contributed by atoms with Gasteiger partial charge in [0.05, 0.1) is 4.90 Å². The summed E-state index contributed by atoms with van der Waals surface area (Å²) in [5.41, 5.74) is 0. The molecule has 0 amide bonds. The number of benzene rings is 1. The van der Waals surface area contributed by atoms with Gasteiger partial charge in [0.2, 0.25) is 0 Å². The Morgan fingerprint density at radius 3 is 2.46 bits per heavy atom. The molecular weight excluding hydrogens is 350 g/mol. The van der Waals surface area contributed by atoms with Crippen LogP contribution in [0.25, 0.3) is 0 Å². The van der Waals surface area contributed by atoms with E-state index in [1.54, 1.807) is 24.3 Å². The minimum absolute atomic E-state index is 0.0833. The van der Waals surface area contributed by atoms with Gasteiger partial charge >= 0.3 is 0 Å². The highest BCUT2D eigenvalue weighted by molar-refractivity contribution is 7.92. The highest BCUT2D eigenvalue weighted by Gasteiger charge is 2.18. The molecule has 1 N–H and O–H groups in total. The van der Waals surface area contributed by atoms with E-state index >= 15 is 0 Å².